The second-order valence-corrected chi connectivity index (χ2v) is 10.0. The van der Waals surface area contributed by atoms with Gasteiger partial charge in [0.15, 0.2) is 0 Å². The van der Waals surface area contributed by atoms with Crippen LogP contribution in [0.3, 0.4) is 0 Å². The van der Waals surface area contributed by atoms with Crippen LogP contribution in [0.5, 0.6) is 5.75 Å². The summed E-state index contributed by atoms with van der Waals surface area (Å²) < 4.78 is 12.8. The van der Waals surface area contributed by atoms with Gasteiger partial charge in [0.1, 0.15) is 0 Å². The van der Waals surface area contributed by atoms with Crippen LogP contribution < -0.4 is 47.1 Å². The molecular formula is C15H22I2O3-2. The predicted molar refractivity (Wildman–Crippen MR) is 71.7 cm³/mol. The first-order chi connectivity index (χ1) is 9.69. The molecule has 2 rings (SSSR count). The minimum atomic E-state index is -0.578. The van der Waals surface area contributed by atoms with E-state index in [2.05, 4.69) is 22.0 Å². The number of aliphatic hydroxyl groups is 1. The molecule has 0 heterocycles. The zero-order chi connectivity index (χ0) is 14.5. The molecule has 3 nitrogen and oxygen atoms in total. The van der Waals surface area contributed by atoms with Gasteiger partial charge in [0.2, 0.25) is 0 Å². The Morgan fingerprint density at radius 2 is 2.20 bits per heavy atom. The van der Waals surface area contributed by atoms with Crippen molar-refractivity contribution < 1.29 is 57.0 Å². The van der Waals surface area contributed by atoms with Gasteiger partial charge in [-0.25, -0.2) is 0 Å². The van der Waals surface area contributed by atoms with Crippen molar-refractivity contribution in [3.63, 3.8) is 0 Å². The fourth-order valence-corrected chi connectivity index (χ4v) is 9.33. The molecule has 1 aliphatic carbocycles. The molecule has 1 aromatic carbocycles. The van der Waals surface area contributed by atoms with E-state index in [9.17, 15) is 5.11 Å². The second-order valence-electron chi connectivity index (χ2n) is 4.77. The monoisotopic (exact) mass is 504 g/mol. The number of ether oxygens (including phenoxy) is 2. The molecule has 1 aliphatic rings. The van der Waals surface area contributed by atoms with Crippen molar-refractivity contribution in [1.82, 2.24) is 0 Å². The number of rotatable bonds is 7. The van der Waals surface area contributed by atoms with Gasteiger partial charge in [0, 0.05) is 0 Å². The number of fused-ring (bicyclic) bond motifs is 1. The number of hydrogen-bond donors (Lipinski definition) is 1. The molecule has 0 fully saturated rings. The van der Waals surface area contributed by atoms with E-state index in [1.165, 1.54) is 15.6 Å². The quantitative estimate of drug-likeness (QED) is 0.233. The molecule has 0 aromatic heterocycles. The molecular weight excluding hydrogens is 482 g/mol. The number of hydrogen-bond acceptors (Lipinski definition) is 3. The topological polar surface area (TPSA) is 38.7 Å². The summed E-state index contributed by atoms with van der Waals surface area (Å²) in [6, 6.07) is 6.16. The van der Waals surface area contributed by atoms with Crippen LogP contribution in [0.4, 0.5) is 0 Å². The molecule has 20 heavy (non-hydrogen) atoms. The van der Waals surface area contributed by atoms with Crippen molar-refractivity contribution in [2.24, 2.45) is 0 Å². The van der Waals surface area contributed by atoms with Crippen LogP contribution in [0.1, 0.15) is 23.7 Å². The number of aryl methyl sites for hydroxylation is 1. The summed E-state index contributed by atoms with van der Waals surface area (Å²) in [4.78, 5) is 4.51. The Morgan fingerprint density at radius 1 is 1.40 bits per heavy atom. The van der Waals surface area contributed by atoms with Crippen LogP contribution >= 0.6 is 0 Å². The fraction of sp³-hybridized carbons (Fsp3) is 0.600. The number of alkyl halides is 4. The van der Waals surface area contributed by atoms with Crippen LogP contribution in [0, 0.1) is 0 Å². The number of benzene rings is 1. The summed E-state index contributed by atoms with van der Waals surface area (Å²) in [5.41, 5.74) is 2.52. The van der Waals surface area contributed by atoms with Gasteiger partial charge in [0.25, 0.3) is 0 Å². The molecule has 0 radical (unpaired) electrons. The fourth-order valence-electron chi connectivity index (χ4n) is 2.47. The van der Waals surface area contributed by atoms with E-state index in [0.717, 1.165) is 18.6 Å². The standard InChI is InChI=1S/C15H22I2O3/c1-16-9-13(17-2)15(18)20-14-7-4-10-8-11(19-3)5-6-12(10)14/h5-6,8,13-15,18H,4,7,9H2,1-3H3/q-2. The van der Waals surface area contributed by atoms with Gasteiger partial charge in [-0.2, -0.15) is 0 Å². The third kappa shape index (κ3) is 3.98. The number of aliphatic hydroxyl groups excluding tert-OH is 1. The molecule has 116 valence electrons. The first-order valence-electron chi connectivity index (χ1n) is 6.61. The summed E-state index contributed by atoms with van der Waals surface area (Å²) in [7, 11) is 1.69. The second kappa shape index (κ2) is 8.14. The van der Waals surface area contributed by atoms with Crippen molar-refractivity contribution in [1.29, 1.82) is 0 Å². The van der Waals surface area contributed by atoms with Crippen molar-refractivity contribution >= 4 is 0 Å². The van der Waals surface area contributed by atoms with Gasteiger partial charge < -0.3 is 0 Å². The van der Waals surface area contributed by atoms with Gasteiger partial charge in [-0.05, 0) is 0 Å². The average molecular weight is 504 g/mol. The number of halogens is 2. The van der Waals surface area contributed by atoms with Gasteiger partial charge in [-0.1, -0.05) is 0 Å². The molecule has 0 amide bonds. The summed E-state index contributed by atoms with van der Waals surface area (Å²) in [6.45, 7) is 0. The van der Waals surface area contributed by atoms with E-state index in [1.54, 1.807) is 7.11 Å². The van der Waals surface area contributed by atoms with Crippen LogP contribution in [-0.4, -0.2) is 36.7 Å². The van der Waals surface area contributed by atoms with Crippen LogP contribution in [0.15, 0.2) is 18.2 Å². The third-order valence-electron chi connectivity index (χ3n) is 3.57. The predicted octanol–water partition coefficient (Wildman–Crippen LogP) is -4.18. The third-order valence-corrected chi connectivity index (χ3v) is 9.74. The maximum absolute atomic E-state index is 10.3. The molecule has 0 aliphatic heterocycles. The van der Waals surface area contributed by atoms with Crippen LogP contribution in [-0.2, 0) is 11.2 Å². The van der Waals surface area contributed by atoms with E-state index >= 15 is 0 Å². The van der Waals surface area contributed by atoms with Gasteiger partial charge in [0.05, 0.1) is 0 Å². The van der Waals surface area contributed by atoms with E-state index in [4.69, 9.17) is 9.47 Å². The Morgan fingerprint density at radius 3 is 2.85 bits per heavy atom. The molecule has 3 atom stereocenters. The van der Waals surface area contributed by atoms with Crippen molar-refractivity contribution in [2.45, 2.75) is 29.2 Å². The first kappa shape index (κ1) is 16.8. The van der Waals surface area contributed by atoms with Crippen molar-refractivity contribution in [3.05, 3.63) is 29.3 Å². The summed E-state index contributed by atoms with van der Waals surface area (Å²) in [6.07, 6.45) is 1.45. The Bertz CT molecular complexity index is 439. The van der Waals surface area contributed by atoms with E-state index in [1.807, 2.05) is 6.07 Å². The summed E-state index contributed by atoms with van der Waals surface area (Å²) in [5.74, 6) is 0.901. The molecule has 0 saturated carbocycles. The Kier molecular flexibility index (Phi) is 6.83. The van der Waals surface area contributed by atoms with Crippen LogP contribution in [0.2, 0.25) is 0 Å². The Balaban J connectivity index is 2.03. The summed E-state index contributed by atoms with van der Waals surface area (Å²) in [5, 5.41) is 10.3. The average Bonchev–Trinajstić information content (AvgIpc) is 2.86. The van der Waals surface area contributed by atoms with E-state index in [-0.39, 0.29) is 48.5 Å². The first-order valence-corrected chi connectivity index (χ1v) is 13.7. The molecule has 3 unspecified atom stereocenters. The van der Waals surface area contributed by atoms with Gasteiger partial charge in [-0.15, -0.1) is 0 Å². The maximum atomic E-state index is 10.3. The van der Waals surface area contributed by atoms with Gasteiger partial charge in [-0.3, -0.25) is 0 Å². The van der Waals surface area contributed by atoms with E-state index in [0.29, 0.717) is 3.92 Å². The zero-order valence-electron chi connectivity index (χ0n) is 12.1. The van der Waals surface area contributed by atoms with Crippen molar-refractivity contribution in [2.75, 3.05) is 21.4 Å². The Labute approximate surface area is 142 Å². The minimum absolute atomic E-state index is 0.0290. The Hall–Kier alpha value is 0.400. The van der Waals surface area contributed by atoms with Crippen LogP contribution in [0.25, 0.3) is 0 Å². The molecule has 1 aromatic rings. The number of methoxy groups -OCH3 is 1. The SMILES string of the molecule is COc1ccc2c(c1)CCC2OC(O)C(C[I-]C)[I-]C. The molecule has 5 heteroatoms. The van der Waals surface area contributed by atoms with E-state index < -0.39 is 6.29 Å². The molecule has 1 N–H and O–H groups in total. The normalized spacial score (nSPS) is 20.9. The zero-order valence-corrected chi connectivity index (χ0v) is 16.4. The summed E-state index contributed by atoms with van der Waals surface area (Å²) >= 11 is 0.248. The van der Waals surface area contributed by atoms with Crippen molar-refractivity contribution in [3.8, 4) is 5.75 Å². The molecule has 0 saturated heterocycles. The molecule has 0 spiro atoms. The molecule has 0 bridgehead atoms. The van der Waals surface area contributed by atoms with Gasteiger partial charge >= 0.3 is 143 Å².